The Balaban J connectivity index is 1.50. The molecule has 0 aromatic heterocycles. The van der Waals surface area contributed by atoms with Gasteiger partial charge in [-0.25, -0.2) is 15.0 Å². The third kappa shape index (κ3) is 5.73. The first-order chi connectivity index (χ1) is 22.1. The van der Waals surface area contributed by atoms with Gasteiger partial charge in [0.05, 0.1) is 34.2 Å². The number of aliphatic hydroxyl groups excluding tert-OH is 1. The average Bonchev–Trinajstić information content (AvgIpc) is 3.77. The van der Waals surface area contributed by atoms with Gasteiger partial charge >= 0.3 is 5.97 Å². The summed E-state index contributed by atoms with van der Waals surface area (Å²) < 4.78 is 0. The third-order valence-electron chi connectivity index (χ3n) is 10.6. The van der Waals surface area contributed by atoms with Gasteiger partial charge in [-0.15, -0.1) is 0 Å². The Hall–Kier alpha value is -4.00. The summed E-state index contributed by atoms with van der Waals surface area (Å²) in [6.45, 7) is 13.0. The molecule has 242 valence electrons. The van der Waals surface area contributed by atoms with Crippen molar-refractivity contribution in [1.29, 1.82) is 0 Å². The lowest BCUT2D eigenvalue weighted by Crippen LogP contribution is -2.15. The Morgan fingerprint density at radius 2 is 1.57 bits per heavy atom. The first-order valence-corrected chi connectivity index (χ1v) is 17.3. The van der Waals surface area contributed by atoms with Gasteiger partial charge in [-0.3, -0.25) is 4.79 Å². The number of aliphatic hydroxyl groups is 1. The van der Waals surface area contributed by atoms with E-state index in [1.807, 2.05) is 6.92 Å². The summed E-state index contributed by atoms with van der Waals surface area (Å²) in [7, 11) is 0. The van der Waals surface area contributed by atoms with Crippen LogP contribution in [0, 0.1) is 11.8 Å². The molecule has 6 rings (SSSR count). The number of aliphatic imine (C=N–C) groups is 3. The molecule has 1 saturated heterocycles. The van der Waals surface area contributed by atoms with Crippen LogP contribution in [0.2, 0.25) is 0 Å². The number of carboxylic acid groups (broad SMARTS) is 1. The predicted octanol–water partition coefficient (Wildman–Crippen LogP) is 9.27. The van der Waals surface area contributed by atoms with Crippen LogP contribution >= 0.6 is 0 Å². The number of allylic oxidation sites excluding steroid dienone is 12. The first-order valence-electron chi connectivity index (χ1n) is 17.3. The zero-order valence-electron chi connectivity index (χ0n) is 28.3. The summed E-state index contributed by atoms with van der Waals surface area (Å²) in [5.74, 6) is -0.455. The highest BCUT2D eigenvalue weighted by Crippen LogP contribution is 2.46. The SMILES string of the molecule is CCCCCCCCC1=C(C)C2=NC1=CC1=NC(=CC3=C(C)C4=C(O)CC(=C5NC(=C2)C(C)[C@@H]5CCC(=O)O)C4=N3)C(CC)=C1C. The van der Waals surface area contributed by atoms with Gasteiger partial charge in [0.1, 0.15) is 5.76 Å². The summed E-state index contributed by atoms with van der Waals surface area (Å²) in [6, 6.07) is 0. The number of fused-ring (bicyclic) bond motifs is 5. The molecule has 0 aromatic rings. The molecule has 3 N–H and O–H groups in total. The molecule has 0 amide bonds. The van der Waals surface area contributed by atoms with E-state index in [4.69, 9.17) is 15.0 Å². The van der Waals surface area contributed by atoms with E-state index in [9.17, 15) is 15.0 Å². The summed E-state index contributed by atoms with van der Waals surface area (Å²) >= 11 is 0. The molecule has 6 aliphatic rings. The van der Waals surface area contributed by atoms with E-state index in [0.717, 1.165) is 81.6 Å². The Kier molecular flexibility index (Phi) is 9.04. The molecule has 7 heteroatoms. The van der Waals surface area contributed by atoms with Gasteiger partial charge in [-0.1, -0.05) is 52.9 Å². The maximum atomic E-state index is 11.7. The van der Waals surface area contributed by atoms with E-state index in [2.05, 4.69) is 58.2 Å². The van der Waals surface area contributed by atoms with Crippen molar-refractivity contribution in [2.75, 3.05) is 0 Å². The van der Waals surface area contributed by atoms with Crippen LogP contribution < -0.4 is 5.32 Å². The molecule has 5 heterocycles. The lowest BCUT2D eigenvalue weighted by Gasteiger charge is -2.17. The fourth-order valence-electron chi connectivity index (χ4n) is 7.83. The Labute approximate surface area is 273 Å². The Morgan fingerprint density at radius 1 is 0.891 bits per heavy atom. The van der Waals surface area contributed by atoms with Crippen molar-refractivity contribution in [2.45, 2.75) is 112 Å². The molecule has 0 radical (unpaired) electrons. The molecule has 2 atom stereocenters. The highest BCUT2D eigenvalue weighted by Gasteiger charge is 2.41. The minimum absolute atomic E-state index is 0.0340. The van der Waals surface area contributed by atoms with Gasteiger partial charge in [-0.2, -0.15) is 0 Å². The summed E-state index contributed by atoms with van der Waals surface area (Å²) in [6.07, 6.45) is 16.7. The molecule has 8 bridgehead atoms. The zero-order chi connectivity index (χ0) is 32.7. The molecule has 1 unspecified atom stereocenters. The quantitative estimate of drug-likeness (QED) is 0.200. The molecule has 46 heavy (non-hydrogen) atoms. The minimum atomic E-state index is -0.801. The van der Waals surface area contributed by atoms with E-state index in [0.29, 0.717) is 18.6 Å². The van der Waals surface area contributed by atoms with E-state index >= 15 is 0 Å². The van der Waals surface area contributed by atoms with Crippen molar-refractivity contribution < 1.29 is 15.0 Å². The highest BCUT2D eigenvalue weighted by atomic mass is 16.4. The maximum absolute atomic E-state index is 11.7. The summed E-state index contributed by atoms with van der Waals surface area (Å²) in [5.41, 5.74) is 15.0. The highest BCUT2D eigenvalue weighted by molar-refractivity contribution is 6.21. The van der Waals surface area contributed by atoms with E-state index in [-0.39, 0.29) is 18.3 Å². The fraction of sp³-hybridized carbons (Fsp3) is 0.487. The standard InChI is InChI=1S/C39H48N4O3/c1-7-9-10-11-12-13-14-26-22(4)29-18-31-23(5)27(15-16-36(45)46)38(42-31)28-17-35(44)37-24(6)32(43-39(28)37)20-33-25(8-2)21(3)30(40-33)19-34(26)41-29/h18-20,23,27,42,44H,7-17H2,1-6H3,(H,45,46)/t23?,27-/m0/s1. The minimum Gasteiger partial charge on any atom is -0.511 e. The molecule has 0 aromatic carbocycles. The molecule has 1 aliphatic carbocycles. The van der Waals surface area contributed by atoms with Gasteiger partial charge in [-0.05, 0) is 92.5 Å². The molecule has 7 nitrogen and oxygen atoms in total. The van der Waals surface area contributed by atoms with Crippen LogP contribution in [0.1, 0.15) is 112 Å². The van der Waals surface area contributed by atoms with E-state index in [1.54, 1.807) is 0 Å². The summed E-state index contributed by atoms with van der Waals surface area (Å²) in [4.78, 5) is 27.2. The number of hydrogen-bond donors (Lipinski definition) is 3. The lowest BCUT2D eigenvalue weighted by molar-refractivity contribution is -0.137. The monoisotopic (exact) mass is 620 g/mol. The van der Waals surface area contributed by atoms with Gasteiger partial charge in [0.15, 0.2) is 0 Å². The largest absolute Gasteiger partial charge is 0.511 e. The predicted molar refractivity (Wildman–Crippen MR) is 187 cm³/mol. The molecule has 0 spiro atoms. The van der Waals surface area contributed by atoms with Gasteiger partial charge in [0.25, 0.3) is 0 Å². The number of rotatable bonds is 11. The number of aliphatic carboxylic acids is 1. The Morgan fingerprint density at radius 3 is 2.28 bits per heavy atom. The van der Waals surface area contributed by atoms with Crippen molar-refractivity contribution in [3.05, 3.63) is 91.5 Å². The number of nitrogens with one attached hydrogen (secondary N) is 1. The second-order valence-electron chi connectivity index (χ2n) is 13.5. The van der Waals surface area contributed by atoms with Crippen LogP contribution in [0.15, 0.2) is 106 Å². The second kappa shape index (κ2) is 13.0. The van der Waals surface area contributed by atoms with Crippen molar-refractivity contribution >= 4 is 23.1 Å². The number of unbranched alkanes of at least 4 members (excludes halogenated alkanes) is 5. The van der Waals surface area contributed by atoms with Crippen molar-refractivity contribution in [3.8, 4) is 0 Å². The number of hydrogen-bond acceptors (Lipinski definition) is 6. The van der Waals surface area contributed by atoms with Crippen molar-refractivity contribution in [2.24, 2.45) is 26.8 Å². The molecule has 5 aliphatic heterocycles. The van der Waals surface area contributed by atoms with Crippen LogP contribution in [-0.4, -0.2) is 33.3 Å². The van der Waals surface area contributed by atoms with E-state index in [1.165, 1.54) is 54.4 Å². The van der Waals surface area contributed by atoms with Crippen LogP contribution in [-0.2, 0) is 4.79 Å². The first kappa shape index (κ1) is 32.0. The summed E-state index contributed by atoms with van der Waals surface area (Å²) in [5, 5.41) is 24.6. The third-order valence-corrected chi connectivity index (χ3v) is 10.6. The normalized spacial score (nSPS) is 23.7. The van der Waals surface area contributed by atoms with Crippen LogP contribution in [0.5, 0.6) is 0 Å². The van der Waals surface area contributed by atoms with Crippen LogP contribution in [0.25, 0.3) is 0 Å². The molecule has 1 fully saturated rings. The van der Waals surface area contributed by atoms with Crippen LogP contribution in [0.3, 0.4) is 0 Å². The fourth-order valence-corrected chi connectivity index (χ4v) is 7.83. The zero-order valence-corrected chi connectivity index (χ0v) is 28.3. The van der Waals surface area contributed by atoms with Gasteiger partial charge in [0.2, 0.25) is 0 Å². The smallest absolute Gasteiger partial charge is 0.303 e. The van der Waals surface area contributed by atoms with Gasteiger partial charge < -0.3 is 15.5 Å². The molecular formula is C39H48N4O3. The topological polar surface area (TPSA) is 107 Å². The Bertz CT molecular complexity index is 1730. The lowest BCUT2D eigenvalue weighted by atomic mass is 9.86. The van der Waals surface area contributed by atoms with Gasteiger partial charge in [0, 0.05) is 47.2 Å². The van der Waals surface area contributed by atoms with Crippen molar-refractivity contribution in [1.82, 2.24) is 5.32 Å². The average molecular weight is 621 g/mol. The number of carboxylic acids is 1. The van der Waals surface area contributed by atoms with Crippen LogP contribution in [0.4, 0.5) is 0 Å². The van der Waals surface area contributed by atoms with E-state index < -0.39 is 5.97 Å². The second-order valence-corrected chi connectivity index (χ2v) is 13.5. The maximum Gasteiger partial charge on any atom is 0.303 e. The number of nitrogens with zero attached hydrogens (tertiary/aromatic N) is 3. The molecule has 0 saturated carbocycles. The van der Waals surface area contributed by atoms with Crippen molar-refractivity contribution in [3.63, 3.8) is 0 Å². The molecular weight excluding hydrogens is 572 g/mol. The number of carbonyl (C=O) groups is 1.